The number of hydrogen-bond donors (Lipinski definition) is 2. The number of nitrogens with zero attached hydrogens (tertiary/aromatic N) is 1. The van der Waals surface area contributed by atoms with Crippen LogP contribution in [0.1, 0.15) is 35.6 Å². The molecule has 1 saturated heterocycles. The number of nitrogens with one attached hydrogen (secondary N) is 1. The van der Waals surface area contributed by atoms with Gasteiger partial charge in [0.25, 0.3) is 0 Å². The molecule has 1 fully saturated rings. The van der Waals surface area contributed by atoms with Crippen molar-refractivity contribution in [3.05, 3.63) is 65.0 Å². The Hall–Kier alpha value is -1.91. The van der Waals surface area contributed by atoms with E-state index in [1.165, 1.54) is 28.9 Å². The highest BCUT2D eigenvalue weighted by Crippen LogP contribution is 2.37. The maximum atomic E-state index is 13.0. The molecular weight excluding hydrogens is 327 g/mol. The minimum atomic E-state index is -0.380. The van der Waals surface area contributed by atoms with Gasteiger partial charge in [0, 0.05) is 24.3 Å². The third-order valence-electron chi connectivity index (χ3n) is 5.91. The monoisotopic (exact) mass is 354 g/mol. The van der Waals surface area contributed by atoms with Crippen LogP contribution in [0.2, 0.25) is 0 Å². The number of benzene rings is 2. The van der Waals surface area contributed by atoms with E-state index in [0.717, 1.165) is 57.4 Å². The highest BCUT2D eigenvalue weighted by atomic mass is 19.1. The summed E-state index contributed by atoms with van der Waals surface area (Å²) in [5.74, 6) is 0.149. The quantitative estimate of drug-likeness (QED) is 0.858. The van der Waals surface area contributed by atoms with Crippen LogP contribution in [0.5, 0.6) is 0 Å². The van der Waals surface area contributed by atoms with Gasteiger partial charge < -0.3 is 15.3 Å². The van der Waals surface area contributed by atoms with Crippen molar-refractivity contribution < 1.29 is 9.50 Å². The summed E-state index contributed by atoms with van der Waals surface area (Å²) in [5, 5.41) is 14.4. The number of anilines is 1. The number of para-hydroxylation sites is 1. The number of halogens is 1. The fourth-order valence-corrected chi connectivity index (χ4v) is 4.30. The second-order valence-electron chi connectivity index (χ2n) is 7.56. The van der Waals surface area contributed by atoms with Crippen molar-refractivity contribution in [2.75, 3.05) is 31.5 Å². The fraction of sp³-hybridized carbons (Fsp3) is 0.455. The molecule has 4 heteroatoms. The summed E-state index contributed by atoms with van der Waals surface area (Å²) in [6, 6.07) is 13.1. The molecule has 2 aliphatic rings. The molecule has 0 radical (unpaired) electrons. The summed E-state index contributed by atoms with van der Waals surface area (Å²) in [6.45, 7) is 4.01. The van der Waals surface area contributed by atoms with E-state index < -0.39 is 0 Å². The minimum absolute atomic E-state index is 0.176. The highest BCUT2D eigenvalue weighted by molar-refractivity contribution is 5.62. The number of fused-ring (bicyclic) bond motifs is 1. The first kappa shape index (κ1) is 17.5. The van der Waals surface area contributed by atoms with Gasteiger partial charge in [-0.25, -0.2) is 4.39 Å². The molecule has 2 aromatic rings. The van der Waals surface area contributed by atoms with E-state index in [4.69, 9.17) is 0 Å². The Morgan fingerprint density at radius 1 is 1.12 bits per heavy atom. The number of hydrogen-bond acceptors (Lipinski definition) is 3. The Bertz CT molecular complexity index is 738. The standard InChI is InChI=1S/C22H27FN2O/c23-19-6-4-16(5-7-19)9-13-25-14-10-18(11-15-25)22(26)20-3-1-2-17-8-12-24-21(17)20/h1-7,18,22,24,26H,8-15H2. The average molecular weight is 354 g/mol. The van der Waals surface area contributed by atoms with Crippen LogP contribution in [0, 0.1) is 11.7 Å². The van der Waals surface area contributed by atoms with Gasteiger partial charge in [-0.2, -0.15) is 0 Å². The summed E-state index contributed by atoms with van der Waals surface area (Å²) in [6.07, 6.45) is 3.67. The van der Waals surface area contributed by atoms with Crippen LogP contribution in [-0.2, 0) is 12.8 Å². The van der Waals surface area contributed by atoms with Gasteiger partial charge in [0.05, 0.1) is 6.10 Å². The molecule has 2 heterocycles. The lowest BCUT2D eigenvalue weighted by Gasteiger charge is -2.34. The summed E-state index contributed by atoms with van der Waals surface area (Å²) >= 11 is 0. The Kier molecular flexibility index (Phi) is 5.23. The van der Waals surface area contributed by atoms with E-state index in [1.807, 2.05) is 12.1 Å². The molecule has 4 rings (SSSR count). The minimum Gasteiger partial charge on any atom is -0.388 e. The van der Waals surface area contributed by atoms with E-state index in [2.05, 4.69) is 28.4 Å². The smallest absolute Gasteiger partial charge is 0.123 e. The summed E-state index contributed by atoms with van der Waals surface area (Å²) < 4.78 is 13.0. The van der Waals surface area contributed by atoms with Gasteiger partial charge in [-0.15, -0.1) is 0 Å². The van der Waals surface area contributed by atoms with Crippen molar-refractivity contribution >= 4 is 5.69 Å². The van der Waals surface area contributed by atoms with Crippen LogP contribution in [0.3, 0.4) is 0 Å². The van der Waals surface area contributed by atoms with Crippen molar-refractivity contribution in [2.24, 2.45) is 5.92 Å². The van der Waals surface area contributed by atoms with Gasteiger partial charge in [-0.05, 0) is 68.0 Å². The lowest BCUT2D eigenvalue weighted by Crippen LogP contribution is -2.37. The number of rotatable bonds is 5. The number of piperidine rings is 1. The number of likely N-dealkylation sites (tertiary alicyclic amines) is 1. The Morgan fingerprint density at radius 2 is 1.88 bits per heavy atom. The van der Waals surface area contributed by atoms with Gasteiger partial charge in [-0.3, -0.25) is 0 Å². The predicted octanol–water partition coefficient (Wildman–Crippen LogP) is 3.78. The van der Waals surface area contributed by atoms with Crippen LogP contribution in [0.15, 0.2) is 42.5 Å². The fourth-order valence-electron chi connectivity index (χ4n) is 4.30. The molecule has 26 heavy (non-hydrogen) atoms. The van der Waals surface area contributed by atoms with Crippen molar-refractivity contribution in [3.63, 3.8) is 0 Å². The van der Waals surface area contributed by atoms with Gasteiger partial charge in [-0.1, -0.05) is 30.3 Å². The Morgan fingerprint density at radius 3 is 2.65 bits per heavy atom. The molecule has 0 spiro atoms. The van der Waals surface area contributed by atoms with E-state index in [9.17, 15) is 9.50 Å². The molecule has 3 nitrogen and oxygen atoms in total. The topological polar surface area (TPSA) is 35.5 Å². The lowest BCUT2D eigenvalue weighted by molar-refractivity contribution is 0.0597. The lowest BCUT2D eigenvalue weighted by atomic mass is 9.86. The van der Waals surface area contributed by atoms with Crippen LogP contribution >= 0.6 is 0 Å². The maximum absolute atomic E-state index is 13.0. The van der Waals surface area contributed by atoms with Gasteiger partial charge in [0.1, 0.15) is 5.82 Å². The van der Waals surface area contributed by atoms with Crippen LogP contribution in [0.4, 0.5) is 10.1 Å². The van der Waals surface area contributed by atoms with Crippen LogP contribution in [-0.4, -0.2) is 36.2 Å². The SMILES string of the molecule is OC(c1cccc2c1NCC2)C1CCN(CCc2ccc(F)cc2)CC1. The number of aliphatic hydroxyl groups is 1. The third kappa shape index (κ3) is 3.76. The molecule has 138 valence electrons. The molecule has 2 N–H and O–H groups in total. The van der Waals surface area contributed by atoms with Crippen LogP contribution < -0.4 is 5.32 Å². The van der Waals surface area contributed by atoms with E-state index in [0.29, 0.717) is 5.92 Å². The first-order valence-corrected chi connectivity index (χ1v) is 9.71. The van der Waals surface area contributed by atoms with Crippen molar-refractivity contribution in [1.29, 1.82) is 0 Å². The molecule has 2 aromatic carbocycles. The Balaban J connectivity index is 1.31. The molecular formula is C22H27FN2O. The summed E-state index contributed by atoms with van der Waals surface area (Å²) in [4.78, 5) is 2.46. The number of aliphatic hydroxyl groups excluding tert-OH is 1. The van der Waals surface area contributed by atoms with Crippen molar-refractivity contribution in [3.8, 4) is 0 Å². The van der Waals surface area contributed by atoms with Crippen molar-refractivity contribution in [2.45, 2.75) is 31.8 Å². The zero-order valence-electron chi connectivity index (χ0n) is 15.1. The molecule has 1 unspecified atom stereocenters. The maximum Gasteiger partial charge on any atom is 0.123 e. The van der Waals surface area contributed by atoms with Gasteiger partial charge in [0.15, 0.2) is 0 Å². The zero-order valence-corrected chi connectivity index (χ0v) is 15.1. The Labute approximate surface area is 154 Å². The highest BCUT2D eigenvalue weighted by Gasteiger charge is 2.29. The van der Waals surface area contributed by atoms with Gasteiger partial charge >= 0.3 is 0 Å². The zero-order chi connectivity index (χ0) is 17.9. The normalized spacial score (nSPS) is 19.2. The molecule has 0 aromatic heterocycles. The molecule has 2 aliphatic heterocycles. The average Bonchev–Trinajstić information content (AvgIpc) is 3.16. The molecule has 0 bridgehead atoms. The molecule has 1 atom stereocenters. The van der Waals surface area contributed by atoms with E-state index in [1.54, 1.807) is 0 Å². The predicted molar refractivity (Wildman–Crippen MR) is 103 cm³/mol. The third-order valence-corrected chi connectivity index (χ3v) is 5.91. The van der Waals surface area contributed by atoms with Gasteiger partial charge in [0.2, 0.25) is 0 Å². The van der Waals surface area contributed by atoms with E-state index >= 15 is 0 Å². The molecule has 0 amide bonds. The molecule has 0 saturated carbocycles. The second kappa shape index (κ2) is 7.77. The second-order valence-corrected chi connectivity index (χ2v) is 7.56. The molecule has 0 aliphatic carbocycles. The van der Waals surface area contributed by atoms with Crippen LogP contribution in [0.25, 0.3) is 0 Å². The first-order valence-electron chi connectivity index (χ1n) is 9.71. The van der Waals surface area contributed by atoms with Crippen molar-refractivity contribution in [1.82, 2.24) is 4.90 Å². The largest absolute Gasteiger partial charge is 0.388 e. The first-order chi connectivity index (χ1) is 12.7. The summed E-state index contributed by atoms with van der Waals surface area (Å²) in [5.41, 5.74) is 4.75. The summed E-state index contributed by atoms with van der Waals surface area (Å²) in [7, 11) is 0. The van der Waals surface area contributed by atoms with E-state index in [-0.39, 0.29) is 11.9 Å².